The molecule has 2 rings (SSSR count). The minimum absolute atomic E-state index is 0.0762. The normalized spacial score (nSPS) is 11.4. The summed E-state index contributed by atoms with van der Waals surface area (Å²) in [6.07, 6.45) is -4.43. The maximum absolute atomic E-state index is 12.7. The van der Waals surface area contributed by atoms with Crippen LogP contribution in [0.1, 0.15) is 17.0 Å². The topological polar surface area (TPSA) is 65.4 Å². The number of amides is 1. The molecule has 6 nitrogen and oxygen atoms in total. The number of nitrogens with one attached hydrogen (secondary N) is 1. The second-order valence-corrected chi connectivity index (χ2v) is 5.33. The van der Waals surface area contributed by atoms with E-state index in [1.807, 2.05) is 0 Å². The molecule has 0 fully saturated rings. The molecule has 0 aliphatic rings. The molecule has 136 valence electrons. The van der Waals surface area contributed by atoms with Gasteiger partial charge in [-0.1, -0.05) is 6.07 Å². The first-order valence-electron chi connectivity index (χ1n) is 7.35. The van der Waals surface area contributed by atoms with E-state index in [1.54, 1.807) is 13.8 Å². The van der Waals surface area contributed by atoms with E-state index in [9.17, 15) is 18.0 Å². The number of anilines is 1. The van der Waals surface area contributed by atoms with Crippen molar-refractivity contribution in [2.75, 3.05) is 19.0 Å². The largest absolute Gasteiger partial charge is 0.471 e. The molecule has 0 aliphatic heterocycles. The van der Waals surface area contributed by atoms with E-state index in [-0.39, 0.29) is 25.0 Å². The number of halogens is 3. The minimum atomic E-state index is -4.43. The van der Waals surface area contributed by atoms with Gasteiger partial charge in [0.15, 0.2) is 6.73 Å². The Morgan fingerprint density at radius 1 is 1.32 bits per heavy atom. The van der Waals surface area contributed by atoms with Gasteiger partial charge in [-0.3, -0.25) is 4.79 Å². The van der Waals surface area contributed by atoms with Crippen LogP contribution in [0.15, 0.2) is 24.3 Å². The van der Waals surface area contributed by atoms with E-state index in [1.165, 1.54) is 23.9 Å². The summed E-state index contributed by atoms with van der Waals surface area (Å²) in [6, 6.07) is 4.60. The molecule has 0 saturated heterocycles. The van der Waals surface area contributed by atoms with E-state index in [2.05, 4.69) is 10.4 Å². The van der Waals surface area contributed by atoms with Crippen molar-refractivity contribution in [3.63, 3.8) is 0 Å². The van der Waals surface area contributed by atoms with Crippen LogP contribution >= 0.6 is 0 Å². The van der Waals surface area contributed by atoms with E-state index >= 15 is 0 Å². The molecule has 0 spiro atoms. The highest BCUT2D eigenvalue weighted by Crippen LogP contribution is 2.31. The molecular weight excluding hydrogens is 339 g/mol. The maximum atomic E-state index is 12.7. The molecule has 0 saturated carbocycles. The van der Waals surface area contributed by atoms with Gasteiger partial charge in [-0.2, -0.15) is 18.3 Å². The molecule has 9 heteroatoms. The first-order chi connectivity index (χ1) is 11.7. The van der Waals surface area contributed by atoms with Gasteiger partial charge >= 0.3 is 6.18 Å². The van der Waals surface area contributed by atoms with Gasteiger partial charge in [0.25, 0.3) is 0 Å². The standard InChI is InChI=1S/C16H18F3N3O3/c1-10-15(20-14(23)8-24-3)11(2)22(21-10)9-25-13-6-4-5-12(7-13)16(17,18)19/h4-7H,8-9H2,1-3H3,(H,20,23). The van der Waals surface area contributed by atoms with E-state index in [4.69, 9.17) is 9.47 Å². The van der Waals surface area contributed by atoms with Gasteiger partial charge in [0.05, 0.1) is 22.6 Å². The number of aryl methyl sites for hydroxylation is 1. The Balaban J connectivity index is 2.10. The number of nitrogens with zero attached hydrogens (tertiary/aromatic N) is 2. The summed E-state index contributed by atoms with van der Waals surface area (Å²) in [5.41, 5.74) is 0.920. The summed E-state index contributed by atoms with van der Waals surface area (Å²) in [5.74, 6) is -0.251. The lowest BCUT2D eigenvalue weighted by molar-refractivity contribution is -0.137. The van der Waals surface area contributed by atoms with Gasteiger partial charge in [-0.15, -0.1) is 0 Å². The Hall–Kier alpha value is -2.55. The number of hydrogen-bond acceptors (Lipinski definition) is 4. The molecule has 1 heterocycles. The van der Waals surface area contributed by atoms with Crippen LogP contribution in [0.2, 0.25) is 0 Å². The quantitative estimate of drug-likeness (QED) is 0.863. The highest BCUT2D eigenvalue weighted by Gasteiger charge is 2.30. The molecule has 0 unspecified atom stereocenters. The average Bonchev–Trinajstić information content (AvgIpc) is 2.80. The van der Waals surface area contributed by atoms with Gasteiger partial charge in [0, 0.05) is 7.11 Å². The molecule has 1 amide bonds. The Morgan fingerprint density at radius 2 is 2.04 bits per heavy atom. The number of hydrogen-bond donors (Lipinski definition) is 1. The summed E-state index contributed by atoms with van der Waals surface area (Å²) in [7, 11) is 1.41. The predicted octanol–water partition coefficient (Wildman–Crippen LogP) is 3.14. The lowest BCUT2D eigenvalue weighted by Crippen LogP contribution is -2.18. The molecule has 0 aliphatic carbocycles. The van der Waals surface area contributed by atoms with Crippen molar-refractivity contribution in [1.82, 2.24) is 9.78 Å². The van der Waals surface area contributed by atoms with E-state index < -0.39 is 11.7 Å². The van der Waals surface area contributed by atoms with Crippen LogP contribution in [0.25, 0.3) is 0 Å². The maximum Gasteiger partial charge on any atom is 0.416 e. The molecule has 0 bridgehead atoms. The van der Waals surface area contributed by atoms with E-state index in [0.29, 0.717) is 17.1 Å². The van der Waals surface area contributed by atoms with Crippen LogP contribution in [-0.4, -0.2) is 29.4 Å². The van der Waals surface area contributed by atoms with Crippen molar-refractivity contribution in [1.29, 1.82) is 0 Å². The third kappa shape index (κ3) is 4.72. The Bertz CT molecular complexity index is 757. The van der Waals surface area contributed by atoms with Crippen molar-refractivity contribution in [2.45, 2.75) is 26.8 Å². The van der Waals surface area contributed by atoms with Gasteiger partial charge in [0.1, 0.15) is 12.4 Å². The minimum Gasteiger partial charge on any atom is -0.471 e. The van der Waals surface area contributed by atoms with Crippen molar-refractivity contribution in [3.05, 3.63) is 41.2 Å². The number of carbonyl (C=O) groups excluding carboxylic acids is 1. The molecule has 2 aromatic rings. The number of methoxy groups -OCH3 is 1. The molecule has 25 heavy (non-hydrogen) atoms. The highest BCUT2D eigenvalue weighted by molar-refractivity contribution is 5.92. The van der Waals surface area contributed by atoms with Gasteiger partial charge in [0.2, 0.25) is 5.91 Å². The fraction of sp³-hybridized carbons (Fsp3) is 0.375. The van der Waals surface area contributed by atoms with Gasteiger partial charge in [-0.25, -0.2) is 4.68 Å². The molecule has 0 atom stereocenters. The molecule has 1 N–H and O–H groups in total. The zero-order chi connectivity index (χ0) is 18.6. The number of aromatic nitrogens is 2. The number of benzene rings is 1. The summed E-state index contributed by atoms with van der Waals surface area (Å²) in [5, 5.41) is 6.90. The number of alkyl halides is 3. The Labute approximate surface area is 142 Å². The fourth-order valence-electron chi connectivity index (χ4n) is 2.21. The third-order valence-electron chi connectivity index (χ3n) is 3.44. The second-order valence-electron chi connectivity index (χ2n) is 5.33. The lowest BCUT2D eigenvalue weighted by atomic mass is 10.2. The number of carbonyl (C=O) groups is 1. The molecule has 1 aromatic heterocycles. The highest BCUT2D eigenvalue weighted by atomic mass is 19.4. The number of rotatable bonds is 6. The second kappa shape index (κ2) is 7.56. The summed E-state index contributed by atoms with van der Waals surface area (Å²) >= 11 is 0. The van der Waals surface area contributed by atoms with Crippen LogP contribution in [0.4, 0.5) is 18.9 Å². The van der Waals surface area contributed by atoms with Crippen LogP contribution in [0.3, 0.4) is 0 Å². The van der Waals surface area contributed by atoms with Gasteiger partial charge < -0.3 is 14.8 Å². The van der Waals surface area contributed by atoms with Crippen LogP contribution < -0.4 is 10.1 Å². The van der Waals surface area contributed by atoms with Crippen molar-refractivity contribution >= 4 is 11.6 Å². The summed E-state index contributed by atoms with van der Waals surface area (Å²) in [4.78, 5) is 11.6. The lowest BCUT2D eigenvalue weighted by Gasteiger charge is -2.11. The molecular formula is C16H18F3N3O3. The third-order valence-corrected chi connectivity index (χ3v) is 3.44. The Morgan fingerprint density at radius 3 is 2.68 bits per heavy atom. The summed E-state index contributed by atoms with van der Waals surface area (Å²) in [6.45, 7) is 3.24. The van der Waals surface area contributed by atoms with Crippen molar-refractivity contribution in [3.8, 4) is 5.75 Å². The first-order valence-corrected chi connectivity index (χ1v) is 7.35. The predicted molar refractivity (Wildman–Crippen MR) is 84.3 cm³/mol. The van der Waals surface area contributed by atoms with Crippen molar-refractivity contribution < 1.29 is 27.4 Å². The zero-order valence-electron chi connectivity index (χ0n) is 14.0. The van der Waals surface area contributed by atoms with E-state index in [0.717, 1.165) is 12.1 Å². The Kier molecular flexibility index (Phi) is 5.68. The van der Waals surface area contributed by atoms with Crippen LogP contribution in [-0.2, 0) is 22.4 Å². The summed E-state index contributed by atoms with van der Waals surface area (Å²) < 4.78 is 49.7. The SMILES string of the molecule is COCC(=O)Nc1c(C)nn(COc2cccc(C(F)(F)F)c2)c1C. The molecule has 1 aromatic carbocycles. The fourth-order valence-corrected chi connectivity index (χ4v) is 2.21. The molecule has 0 radical (unpaired) electrons. The zero-order valence-corrected chi connectivity index (χ0v) is 14.0. The average molecular weight is 357 g/mol. The number of ether oxygens (including phenoxy) is 2. The van der Waals surface area contributed by atoms with Gasteiger partial charge in [-0.05, 0) is 32.0 Å². The van der Waals surface area contributed by atoms with Crippen LogP contribution in [0.5, 0.6) is 5.75 Å². The monoisotopic (exact) mass is 357 g/mol. The van der Waals surface area contributed by atoms with Crippen LogP contribution in [0, 0.1) is 13.8 Å². The smallest absolute Gasteiger partial charge is 0.416 e. The van der Waals surface area contributed by atoms with Crippen molar-refractivity contribution in [2.24, 2.45) is 0 Å². The first kappa shape index (κ1) is 18.8.